The van der Waals surface area contributed by atoms with Crippen LogP contribution in [0.25, 0.3) is 0 Å². The molecule has 0 aliphatic carbocycles. The summed E-state index contributed by atoms with van der Waals surface area (Å²) in [6.45, 7) is 1.84. The van der Waals surface area contributed by atoms with Crippen LogP contribution in [0.4, 0.5) is 5.69 Å². The van der Waals surface area contributed by atoms with Crippen LogP contribution in [0.3, 0.4) is 0 Å². The summed E-state index contributed by atoms with van der Waals surface area (Å²) in [6.07, 6.45) is -0.194. The SMILES string of the molecule is COc1ccc(CN2C(=O)[C@H]3[C@H](CC(N)=O)N[C@]4(C(=O)Nc5c(C)cc(Cl)cc54)[C@@H]3C2=O)cc1. The van der Waals surface area contributed by atoms with Gasteiger partial charge in [-0.3, -0.25) is 29.4 Å². The zero-order valence-electron chi connectivity index (χ0n) is 18.6. The predicted octanol–water partition coefficient (Wildman–Crippen LogP) is 1.45. The quantitative estimate of drug-likeness (QED) is 0.553. The Balaban J connectivity index is 1.59. The number of ether oxygens (including phenoxy) is 1. The third kappa shape index (κ3) is 3.11. The highest BCUT2D eigenvalue weighted by Crippen LogP contribution is 2.54. The summed E-state index contributed by atoms with van der Waals surface area (Å²) in [4.78, 5) is 53.8. The van der Waals surface area contributed by atoms with E-state index in [1.165, 1.54) is 0 Å². The van der Waals surface area contributed by atoms with Crippen LogP contribution in [0.5, 0.6) is 5.75 Å². The summed E-state index contributed by atoms with van der Waals surface area (Å²) in [6, 6.07) is 9.58. The van der Waals surface area contributed by atoms with E-state index in [2.05, 4.69) is 10.6 Å². The van der Waals surface area contributed by atoms with Gasteiger partial charge in [0.15, 0.2) is 0 Å². The van der Waals surface area contributed by atoms with Crippen LogP contribution >= 0.6 is 11.6 Å². The Morgan fingerprint density at radius 3 is 2.53 bits per heavy atom. The first-order chi connectivity index (χ1) is 16.2. The fourth-order valence-electron chi connectivity index (χ4n) is 5.55. The van der Waals surface area contributed by atoms with E-state index in [1.807, 2.05) is 0 Å². The number of nitrogens with one attached hydrogen (secondary N) is 2. The second kappa shape index (κ2) is 7.82. The maximum atomic E-state index is 13.8. The molecule has 1 spiro atoms. The molecule has 0 saturated carbocycles. The van der Waals surface area contributed by atoms with Gasteiger partial charge < -0.3 is 15.8 Å². The number of methoxy groups -OCH3 is 1. The molecular weight excluding hydrogens is 460 g/mol. The molecule has 0 radical (unpaired) electrons. The van der Waals surface area contributed by atoms with Gasteiger partial charge in [0.2, 0.25) is 23.6 Å². The molecule has 2 fully saturated rings. The minimum atomic E-state index is -1.53. The monoisotopic (exact) mass is 482 g/mol. The van der Waals surface area contributed by atoms with E-state index in [-0.39, 0.29) is 13.0 Å². The minimum Gasteiger partial charge on any atom is -0.497 e. The molecule has 5 rings (SSSR count). The van der Waals surface area contributed by atoms with Crippen LogP contribution in [-0.4, -0.2) is 41.7 Å². The number of benzene rings is 2. The average Bonchev–Trinajstić information content (AvgIpc) is 3.35. The number of anilines is 1. The van der Waals surface area contributed by atoms with Crippen LogP contribution in [0.2, 0.25) is 5.02 Å². The number of amides is 4. The van der Waals surface area contributed by atoms with Crippen molar-refractivity contribution >= 4 is 40.9 Å². The molecule has 2 aromatic carbocycles. The first-order valence-corrected chi connectivity index (χ1v) is 11.2. The number of imide groups is 1. The molecule has 3 heterocycles. The summed E-state index contributed by atoms with van der Waals surface area (Å²) < 4.78 is 5.17. The fourth-order valence-corrected chi connectivity index (χ4v) is 5.83. The van der Waals surface area contributed by atoms with Gasteiger partial charge >= 0.3 is 0 Å². The minimum absolute atomic E-state index is 0.0388. The molecule has 3 aliphatic heterocycles. The highest BCUT2D eigenvalue weighted by atomic mass is 35.5. The third-order valence-electron chi connectivity index (χ3n) is 7.00. The molecular formula is C24H23ClN4O5. The molecule has 10 heteroatoms. The van der Waals surface area contributed by atoms with Crippen LogP contribution in [0.1, 0.15) is 23.1 Å². The number of aryl methyl sites for hydroxylation is 1. The number of nitrogens with two attached hydrogens (primary N) is 1. The van der Waals surface area contributed by atoms with Crippen molar-refractivity contribution in [3.8, 4) is 5.75 Å². The standard InChI is InChI=1S/C24H23ClN4O5/c1-11-7-13(25)8-15-20(11)27-23(33)24(15)19-18(16(28-24)9-17(26)30)21(31)29(22(19)32)10-12-3-5-14(34-2)6-4-12/h3-8,16,18-19,28H,9-10H2,1-2H3,(H2,26,30)(H,27,33)/t16-,18-,19-,24-/m0/s1. The molecule has 34 heavy (non-hydrogen) atoms. The number of primary amides is 1. The lowest BCUT2D eigenvalue weighted by Gasteiger charge is -2.29. The number of hydrogen-bond acceptors (Lipinski definition) is 6. The summed E-state index contributed by atoms with van der Waals surface area (Å²) in [5.41, 5.74) is 6.44. The van der Waals surface area contributed by atoms with Crippen molar-refractivity contribution in [1.82, 2.24) is 10.2 Å². The first kappa shape index (κ1) is 22.4. The van der Waals surface area contributed by atoms with Crippen molar-refractivity contribution in [3.63, 3.8) is 0 Å². The van der Waals surface area contributed by atoms with E-state index in [4.69, 9.17) is 22.1 Å². The second-order valence-electron chi connectivity index (χ2n) is 8.94. The predicted molar refractivity (Wildman–Crippen MR) is 123 cm³/mol. The molecule has 9 nitrogen and oxygen atoms in total. The van der Waals surface area contributed by atoms with Crippen molar-refractivity contribution < 1.29 is 23.9 Å². The molecule has 0 unspecified atom stereocenters. The number of likely N-dealkylation sites (tertiary alicyclic amines) is 1. The Morgan fingerprint density at radius 2 is 1.88 bits per heavy atom. The Bertz CT molecular complexity index is 1250. The number of rotatable bonds is 5. The van der Waals surface area contributed by atoms with Gasteiger partial charge in [-0.2, -0.15) is 0 Å². The first-order valence-electron chi connectivity index (χ1n) is 10.8. The molecule has 2 aromatic rings. The summed E-state index contributed by atoms with van der Waals surface area (Å²) in [7, 11) is 1.55. The zero-order valence-corrected chi connectivity index (χ0v) is 19.3. The van der Waals surface area contributed by atoms with E-state index < -0.39 is 47.0 Å². The van der Waals surface area contributed by atoms with Gasteiger partial charge in [0, 0.05) is 28.7 Å². The zero-order chi connectivity index (χ0) is 24.4. The number of carbonyl (C=O) groups excluding carboxylic acids is 4. The Kier molecular flexibility index (Phi) is 5.14. The highest BCUT2D eigenvalue weighted by Gasteiger charge is 2.70. The van der Waals surface area contributed by atoms with E-state index in [0.717, 1.165) is 16.0 Å². The van der Waals surface area contributed by atoms with Gasteiger partial charge in [-0.05, 0) is 42.3 Å². The topological polar surface area (TPSA) is 131 Å². The lowest BCUT2D eigenvalue weighted by atomic mass is 9.76. The Morgan fingerprint density at radius 1 is 1.18 bits per heavy atom. The summed E-state index contributed by atoms with van der Waals surface area (Å²) >= 11 is 6.31. The van der Waals surface area contributed by atoms with Crippen LogP contribution in [0, 0.1) is 18.8 Å². The highest BCUT2D eigenvalue weighted by molar-refractivity contribution is 6.31. The average molecular weight is 483 g/mol. The number of hydrogen-bond donors (Lipinski definition) is 3. The van der Waals surface area contributed by atoms with E-state index in [1.54, 1.807) is 50.4 Å². The van der Waals surface area contributed by atoms with Gasteiger partial charge in [-0.15, -0.1) is 0 Å². The summed E-state index contributed by atoms with van der Waals surface area (Å²) in [5.74, 6) is -3.33. The van der Waals surface area contributed by atoms with E-state index in [0.29, 0.717) is 22.0 Å². The largest absolute Gasteiger partial charge is 0.497 e. The lowest BCUT2D eigenvalue weighted by Crippen LogP contribution is -2.53. The van der Waals surface area contributed by atoms with Gasteiger partial charge in [0.1, 0.15) is 11.3 Å². The summed E-state index contributed by atoms with van der Waals surface area (Å²) in [5, 5.41) is 6.42. The molecule has 4 atom stereocenters. The van der Waals surface area contributed by atoms with Crippen LogP contribution in [-0.2, 0) is 31.3 Å². The lowest BCUT2D eigenvalue weighted by molar-refractivity contribution is -0.143. The van der Waals surface area contributed by atoms with Gasteiger partial charge in [0.25, 0.3) is 0 Å². The van der Waals surface area contributed by atoms with Crippen molar-refractivity contribution in [3.05, 3.63) is 58.1 Å². The van der Waals surface area contributed by atoms with E-state index >= 15 is 0 Å². The Hall–Kier alpha value is -3.43. The number of carbonyl (C=O) groups is 4. The molecule has 2 saturated heterocycles. The van der Waals surface area contributed by atoms with Crippen LogP contribution < -0.4 is 21.1 Å². The normalized spacial score (nSPS) is 27.2. The molecule has 4 amide bonds. The van der Waals surface area contributed by atoms with Crippen molar-refractivity contribution in [2.75, 3.05) is 12.4 Å². The van der Waals surface area contributed by atoms with Crippen molar-refractivity contribution in [2.45, 2.75) is 31.5 Å². The maximum Gasteiger partial charge on any atom is 0.250 e. The van der Waals surface area contributed by atoms with E-state index in [9.17, 15) is 19.2 Å². The second-order valence-corrected chi connectivity index (χ2v) is 9.38. The molecule has 0 bridgehead atoms. The molecule has 4 N–H and O–H groups in total. The molecule has 0 aromatic heterocycles. The van der Waals surface area contributed by atoms with Crippen molar-refractivity contribution in [2.24, 2.45) is 17.6 Å². The number of halogens is 1. The molecule has 176 valence electrons. The van der Waals surface area contributed by atoms with Gasteiger partial charge in [0.05, 0.1) is 25.5 Å². The smallest absolute Gasteiger partial charge is 0.250 e. The fraction of sp³-hybridized carbons (Fsp3) is 0.333. The number of nitrogens with zero attached hydrogens (tertiary/aromatic N) is 1. The van der Waals surface area contributed by atoms with Crippen molar-refractivity contribution in [1.29, 1.82) is 0 Å². The third-order valence-corrected chi connectivity index (χ3v) is 7.22. The van der Waals surface area contributed by atoms with Crippen LogP contribution in [0.15, 0.2) is 36.4 Å². The molecule has 3 aliphatic rings. The Labute approximate surface area is 200 Å². The maximum absolute atomic E-state index is 13.8. The van der Waals surface area contributed by atoms with Gasteiger partial charge in [-0.1, -0.05) is 23.7 Å². The van der Waals surface area contributed by atoms with Gasteiger partial charge in [-0.25, -0.2) is 0 Å². The number of fused-ring (bicyclic) bond motifs is 4.